The van der Waals surface area contributed by atoms with Crippen LogP contribution in [0.3, 0.4) is 0 Å². The van der Waals surface area contributed by atoms with Gasteiger partial charge in [0, 0.05) is 19.5 Å². The molecule has 0 radical (unpaired) electrons. The molecule has 2 nitrogen and oxygen atoms in total. The maximum atomic E-state index is 11.8. The predicted molar refractivity (Wildman–Crippen MR) is 80.2 cm³/mol. The molecule has 0 amide bonds. The molecule has 0 N–H and O–H groups in total. The molecule has 102 valence electrons. The summed E-state index contributed by atoms with van der Waals surface area (Å²) in [6, 6.07) is 20.9. The van der Waals surface area contributed by atoms with Gasteiger partial charge < -0.3 is 0 Å². The first-order chi connectivity index (χ1) is 9.83. The maximum Gasteiger partial charge on any atom is 0.150 e. The molecule has 0 aromatic heterocycles. The smallest absolute Gasteiger partial charge is 0.150 e. The third kappa shape index (κ3) is 2.97. The normalized spacial score (nSPS) is 18.1. The summed E-state index contributed by atoms with van der Waals surface area (Å²) in [5.41, 5.74) is 2.53. The van der Waals surface area contributed by atoms with E-state index < -0.39 is 0 Å². The number of benzene rings is 2. The van der Waals surface area contributed by atoms with Gasteiger partial charge in [-0.1, -0.05) is 60.7 Å². The Hall–Kier alpha value is -1.93. The van der Waals surface area contributed by atoms with E-state index in [4.69, 9.17) is 0 Å². The van der Waals surface area contributed by atoms with Crippen LogP contribution in [0.15, 0.2) is 60.7 Å². The third-order valence-electron chi connectivity index (χ3n) is 3.93. The number of nitrogens with zero attached hydrogens (tertiary/aromatic N) is 1. The Kier molecular flexibility index (Phi) is 3.93. The summed E-state index contributed by atoms with van der Waals surface area (Å²) < 4.78 is 0. The summed E-state index contributed by atoms with van der Waals surface area (Å²) in [6.45, 7) is 1.68. The second-order valence-corrected chi connectivity index (χ2v) is 5.40. The number of rotatable bonds is 5. The first-order valence-electron chi connectivity index (χ1n) is 7.17. The molecule has 2 aromatic rings. The Labute approximate surface area is 120 Å². The lowest BCUT2D eigenvalue weighted by atomic mass is 9.89. The molecule has 20 heavy (non-hydrogen) atoms. The van der Waals surface area contributed by atoms with Crippen LogP contribution in [0.2, 0.25) is 0 Å². The van der Waals surface area contributed by atoms with Crippen LogP contribution in [-0.2, 0) is 17.9 Å². The van der Waals surface area contributed by atoms with Crippen molar-refractivity contribution in [2.75, 3.05) is 0 Å². The van der Waals surface area contributed by atoms with E-state index in [1.807, 2.05) is 12.1 Å². The van der Waals surface area contributed by atoms with E-state index in [1.54, 1.807) is 0 Å². The minimum absolute atomic E-state index is 0.107. The lowest BCUT2D eigenvalue weighted by molar-refractivity contribution is -0.131. The first-order valence-corrected chi connectivity index (χ1v) is 7.17. The highest BCUT2D eigenvalue weighted by Crippen LogP contribution is 2.24. The molecule has 0 unspecified atom stereocenters. The standard InChI is InChI=1S/C18H19NO/c20-18-12-11-17(18)19(13-15-7-3-1-4-8-15)14-16-9-5-2-6-10-16/h1-10,17H,11-14H2/t17-/m0/s1. The fourth-order valence-electron chi connectivity index (χ4n) is 2.69. The van der Waals surface area contributed by atoms with Gasteiger partial charge in [-0.2, -0.15) is 0 Å². The van der Waals surface area contributed by atoms with Crippen molar-refractivity contribution in [1.82, 2.24) is 4.90 Å². The van der Waals surface area contributed by atoms with Crippen LogP contribution in [0.4, 0.5) is 0 Å². The van der Waals surface area contributed by atoms with Crippen LogP contribution >= 0.6 is 0 Å². The van der Waals surface area contributed by atoms with Crippen molar-refractivity contribution in [1.29, 1.82) is 0 Å². The van der Waals surface area contributed by atoms with Crippen LogP contribution in [0.25, 0.3) is 0 Å². The van der Waals surface area contributed by atoms with Gasteiger partial charge in [0.2, 0.25) is 0 Å². The predicted octanol–water partition coefficient (Wildman–Crippen LogP) is 3.42. The lowest BCUT2D eigenvalue weighted by Gasteiger charge is -2.36. The summed E-state index contributed by atoms with van der Waals surface area (Å²) in [4.78, 5) is 14.1. The SMILES string of the molecule is O=C1CC[C@@H]1N(Cc1ccccc1)Cc1ccccc1. The van der Waals surface area contributed by atoms with Gasteiger partial charge in [-0.15, -0.1) is 0 Å². The second-order valence-electron chi connectivity index (χ2n) is 5.40. The highest BCUT2D eigenvalue weighted by Gasteiger charge is 2.33. The van der Waals surface area contributed by atoms with E-state index in [2.05, 4.69) is 53.4 Å². The molecule has 1 fully saturated rings. The molecule has 1 atom stereocenters. The molecular formula is C18H19NO. The Morgan fingerprint density at radius 3 is 1.70 bits per heavy atom. The van der Waals surface area contributed by atoms with E-state index in [0.717, 1.165) is 25.9 Å². The summed E-state index contributed by atoms with van der Waals surface area (Å²) in [5.74, 6) is 0.386. The van der Waals surface area contributed by atoms with Crippen molar-refractivity contribution in [2.45, 2.75) is 32.0 Å². The van der Waals surface area contributed by atoms with Crippen molar-refractivity contribution in [3.8, 4) is 0 Å². The summed E-state index contributed by atoms with van der Waals surface area (Å²) in [6.07, 6.45) is 1.74. The van der Waals surface area contributed by atoms with E-state index in [-0.39, 0.29) is 6.04 Å². The molecule has 2 aromatic carbocycles. The van der Waals surface area contributed by atoms with Crippen molar-refractivity contribution in [3.05, 3.63) is 71.8 Å². The molecule has 0 bridgehead atoms. The highest BCUT2D eigenvalue weighted by molar-refractivity contribution is 5.89. The fraction of sp³-hybridized carbons (Fsp3) is 0.278. The maximum absolute atomic E-state index is 11.8. The van der Waals surface area contributed by atoms with Crippen LogP contribution in [0.1, 0.15) is 24.0 Å². The van der Waals surface area contributed by atoms with Crippen LogP contribution in [0, 0.1) is 0 Å². The number of hydrogen-bond acceptors (Lipinski definition) is 2. The van der Waals surface area contributed by atoms with Gasteiger partial charge in [0.15, 0.2) is 0 Å². The Morgan fingerprint density at radius 2 is 1.35 bits per heavy atom. The van der Waals surface area contributed by atoms with E-state index in [9.17, 15) is 4.79 Å². The zero-order chi connectivity index (χ0) is 13.8. The van der Waals surface area contributed by atoms with Crippen molar-refractivity contribution in [2.24, 2.45) is 0 Å². The van der Waals surface area contributed by atoms with E-state index in [1.165, 1.54) is 11.1 Å². The molecule has 3 rings (SSSR count). The first kappa shape index (κ1) is 13.1. The number of hydrogen-bond donors (Lipinski definition) is 0. The van der Waals surface area contributed by atoms with Gasteiger partial charge in [-0.3, -0.25) is 9.69 Å². The van der Waals surface area contributed by atoms with Crippen molar-refractivity contribution in [3.63, 3.8) is 0 Å². The highest BCUT2D eigenvalue weighted by atomic mass is 16.1. The minimum atomic E-state index is 0.107. The summed E-state index contributed by atoms with van der Waals surface area (Å²) >= 11 is 0. The Bertz CT molecular complexity index is 523. The molecule has 0 spiro atoms. The van der Waals surface area contributed by atoms with E-state index >= 15 is 0 Å². The number of ketones is 1. The number of carbonyl (C=O) groups excluding carboxylic acids is 1. The van der Waals surface area contributed by atoms with Gasteiger partial charge in [0.05, 0.1) is 6.04 Å². The average molecular weight is 265 g/mol. The van der Waals surface area contributed by atoms with Gasteiger partial charge in [0.1, 0.15) is 5.78 Å². The summed E-state index contributed by atoms with van der Waals surface area (Å²) in [7, 11) is 0. The van der Waals surface area contributed by atoms with E-state index in [0.29, 0.717) is 5.78 Å². The fourth-order valence-corrected chi connectivity index (χ4v) is 2.69. The number of Topliss-reactive ketones (excluding diaryl/α,β-unsaturated/α-hetero) is 1. The topological polar surface area (TPSA) is 20.3 Å². The Morgan fingerprint density at radius 1 is 0.850 bits per heavy atom. The monoisotopic (exact) mass is 265 g/mol. The lowest BCUT2D eigenvalue weighted by Crippen LogP contribution is -2.46. The van der Waals surface area contributed by atoms with Crippen molar-refractivity contribution >= 4 is 5.78 Å². The quantitative estimate of drug-likeness (QED) is 0.825. The molecule has 1 saturated carbocycles. The molecule has 1 aliphatic rings. The van der Waals surface area contributed by atoms with Crippen LogP contribution < -0.4 is 0 Å². The zero-order valence-corrected chi connectivity index (χ0v) is 11.5. The zero-order valence-electron chi connectivity index (χ0n) is 11.5. The minimum Gasteiger partial charge on any atom is -0.298 e. The van der Waals surface area contributed by atoms with Crippen LogP contribution in [0.5, 0.6) is 0 Å². The average Bonchev–Trinajstić information content (AvgIpc) is 2.48. The largest absolute Gasteiger partial charge is 0.298 e. The third-order valence-corrected chi connectivity index (χ3v) is 3.93. The van der Waals surface area contributed by atoms with Gasteiger partial charge >= 0.3 is 0 Å². The van der Waals surface area contributed by atoms with Gasteiger partial charge in [0.25, 0.3) is 0 Å². The van der Waals surface area contributed by atoms with Crippen molar-refractivity contribution < 1.29 is 4.79 Å². The van der Waals surface area contributed by atoms with Crippen LogP contribution in [-0.4, -0.2) is 16.7 Å². The molecular weight excluding hydrogens is 246 g/mol. The number of carbonyl (C=O) groups is 1. The molecule has 0 heterocycles. The Balaban J connectivity index is 1.75. The second kappa shape index (κ2) is 6.02. The summed E-state index contributed by atoms with van der Waals surface area (Å²) in [5, 5.41) is 0. The van der Waals surface area contributed by atoms with Gasteiger partial charge in [-0.05, 0) is 17.5 Å². The molecule has 2 heteroatoms. The molecule has 1 aliphatic carbocycles. The molecule has 0 aliphatic heterocycles. The van der Waals surface area contributed by atoms with Gasteiger partial charge in [-0.25, -0.2) is 0 Å². The molecule has 0 saturated heterocycles.